The predicted molar refractivity (Wildman–Crippen MR) is 109 cm³/mol. The topological polar surface area (TPSA) is 143 Å². The molecule has 2 N–H and O–H groups in total. The average Bonchev–Trinajstić information content (AvgIpc) is 2.70. The molecule has 0 spiro atoms. The molecule has 31 heavy (non-hydrogen) atoms. The van der Waals surface area contributed by atoms with E-state index in [1.807, 2.05) is 0 Å². The number of aliphatic carboxylic acids is 1. The average molecular weight is 446 g/mol. The first kappa shape index (κ1) is 22.0. The molecule has 0 atom stereocenters. The summed E-state index contributed by atoms with van der Waals surface area (Å²) in [6.07, 6.45) is 0.971. The molecule has 1 amide bonds. The lowest BCUT2D eigenvalue weighted by molar-refractivity contribution is -0.160. The summed E-state index contributed by atoms with van der Waals surface area (Å²) in [5.74, 6) is -1.90. The molecule has 0 bridgehead atoms. The van der Waals surface area contributed by atoms with Gasteiger partial charge in [0.25, 0.3) is 5.56 Å². The van der Waals surface area contributed by atoms with Crippen LogP contribution >= 0.6 is 0 Å². The van der Waals surface area contributed by atoms with Crippen LogP contribution in [-0.2, 0) is 26.1 Å². The number of aromatic nitrogens is 1. The molecule has 0 unspecified atom stereocenters. The van der Waals surface area contributed by atoms with Crippen LogP contribution in [0.15, 0.2) is 64.3 Å². The molecule has 11 heteroatoms. The minimum absolute atomic E-state index is 0.0748. The SMILES string of the molecule is CS(=O)(=O)c1ccc2c(c1)c(O)cc(=O)n2C(=O)N(CC(=O)O)OCc1ccccc1. The van der Waals surface area contributed by atoms with Gasteiger partial charge in [-0.15, -0.1) is 0 Å². The Bertz CT molecular complexity index is 1320. The van der Waals surface area contributed by atoms with E-state index in [0.717, 1.165) is 18.4 Å². The molecule has 0 radical (unpaired) electrons. The van der Waals surface area contributed by atoms with Gasteiger partial charge < -0.3 is 10.2 Å². The lowest BCUT2D eigenvalue weighted by Crippen LogP contribution is -2.42. The Morgan fingerprint density at radius 1 is 1.10 bits per heavy atom. The highest BCUT2D eigenvalue weighted by molar-refractivity contribution is 7.90. The Balaban J connectivity index is 2.07. The van der Waals surface area contributed by atoms with E-state index in [2.05, 4.69) is 0 Å². The Morgan fingerprint density at radius 2 is 1.77 bits per heavy atom. The second-order valence-electron chi connectivity index (χ2n) is 6.63. The first-order chi connectivity index (χ1) is 14.6. The zero-order chi connectivity index (χ0) is 22.8. The van der Waals surface area contributed by atoms with E-state index in [-0.39, 0.29) is 22.4 Å². The van der Waals surface area contributed by atoms with Crippen LogP contribution < -0.4 is 5.56 Å². The highest BCUT2D eigenvalue weighted by atomic mass is 32.2. The normalized spacial score (nSPS) is 11.4. The fourth-order valence-electron chi connectivity index (χ4n) is 2.85. The smallest absolute Gasteiger partial charge is 0.356 e. The molecular formula is C20H18N2O8S. The van der Waals surface area contributed by atoms with Crippen molar-refractivity contribution >= 4 is 32.7 Å². The van der Waals surface area contributed by atoms with Crippen molar-refractivity contribution in [2.24, 2.45) is 0 Å². The number of sulfone groups is 1. The summed E-state index contributed by atoms with van der Waals surface area (Å²) in [6, 6.07) is 11.8. The largest absolute Gasteiger partial charge is 0.507 e. The van der Waals surface area contributed by atoms with Crippen LogP contribution in [0.5, 0.6) is 5.75 Å². The summed E-state index contributed by atoms with van der Waals surface area (Å²) in [7, 11) is -3.62. The molecule has 0 fully saturated rings. The van der Waals surface area contributed by atoms with Crippen LogP contribution in [0.3, 0.4) is 0 Å². The van der Waals surface area contributed by atoms with E-state index in [0.29, 0.717) is 15.2 Å². The molecule has 0 aliphatic carbocycles. The van der Waals surface area contributed by atoms with Crippen LogP contribution in [0.2, 0.25) is 0 Å². The van der Waals surface area contributed by atoms with Gasteiger partial charge in [-0.2, -0.15) is 5.06 Å². The summed E-state index contributed by atoms with van der Waals surface area (Å²) >= 11 is 0. The molecule has 10 nitrogen and oxygen atoms in total. The van der Waals surface area contributed by atoms with E-state index in [4.69, 9.17) is 9.94 Å². The van der Waals surface area contributed by atoms with Crippen molar-refractivity contribution < 1.29 is 33.1 Å². The van der Waals surface area contributed by atoms with E-state index in [9.17, 15) is 27.9 Å². The fraction of sp³-hybridized carbons (Fsp3) is 0.150. The number of carbonyl (C=O) groups is 2. The summed E-state index contributed by atoms with van der Waals surface area (Å²) in [6.45, 7) is -0.995. The van der Waals surface area contributed by atoms with Gasteiger partial charge in [0.05, 0.1) is 10.4 Å². The number of rotatable bonds is 6. The van der Waals surface area contributed by atoms with Gasteiger partial charge in [0.2, 0.25) is 0 Å². The van der Waals surface area contributed by atoms with Crippen LogP contribution in [0.4, 0.5) is 4.79 Å². The second kappa shape index (κ2) is 8.58. The van der Waals surface area contributed by atoms with Crippen LogP contribution in [0.25, 0.3) is 10.9 Å². The number of pyridine rings is 1. The second-order valence-corrected chi connectivity index (χ2v) is 8.64. The Hall–Kier alpha value is -3.70. The van der Waals surface area contributed by atoms with E-state index < -0.39 is 39.7 Å². The molecular weight excluding hydrogens is 428 g/mol. The van der Waals surface area contributed by atoms with Crippen molar-refractivity contribution in [3.05, 3.63) is 70.5 Å². The van der Waals surface area contributed by atoms with Crippen molar-refractivity contribution in [3.8, 4) is 5.75 Å². The van der Waals surface area contributed by atoms with E-state index in [1.165, 1.54) is 12.1 Å². The van der Waals surface area contributed by atoms with Crippen molar-refractivity contribution in [2.45, 2.75) is 11.5 Å². The quantitative estimate of drug-likeness (QED) is 0.544. The first-order valence-electron chi connectivity index (χ1n) is 8.87. The van der Waals surface area contributed by atoms with Gasteiger partial charge in [-0.3, -0.25) is 14.4 Å². The number of hydrogen-bond acceptors (Lipinski definition) is 7. The molecule has 0 saturated heterocycles. The van der Waals surface area contributed by atoms with Gasteiger partial charge in [-0.05, 0) is 23.8 Å². The zero-order valence-corrected chi connectivity index (χ0v) is 17.1. The summed E-state index contributed by atoms with van der Waals surface area (Å²) in [4.78, 5) is 42.0. The molecule has 0 aliphatic rings. The van der Waals surface area contributed by atoms with Crippen molar-refractivity contribution in [2.75, 3.05) is 12.8 Å². The molecule has 0 saturated carbocycles. The third-order valence-electron chi connectivity index (χ3n) is 4.31. The molecule has 2 aromatic carbocycles. The maximum Gasteiger partial charge on any atom is 0.356 e. The lowest BCUT2D eigenvalue weighted by Gasteiger charge is -2.22. The third kappa shape index (κ3) is 4.90. The van der Waals surface area contributed by atoms with Crippen molar-refractivity contribution in [1.29, 1.82) is 0 Å². The zero-order valence-electron chi connectivity index (χ0n) is 16.3. The standard InChI is InChI=1S/C20H18N2O8S/c1-31(28,29)14-7-8-16-15(9-14)17(23)10-18(24)22(16)20(27)21(11-19(25)26)30-12-13-5-3-2-4-6-13/h2-10,23H,11-12H2,1H3,(H,25,26). The van der Waals surface area contributed by atoms with Gasteiger partial charge in [0, 0.05) is 17.7 Å². The lowest BCUT2D eigenvalue weighted by atomic mass is 10.2. The molecule has 3 rings (SSSR count). The van der Waals surface area contributed by atoms with Crippen LogP contribution in [0, 0.1) is 0 Å². The molecule has 1 heterocycles. The number of hydroxylamine groups is 2. The van der Waals surface area contributed by atoms with Gasteiger partial charge in [-0.25, -0.2) is 17.8 Å². The minimum atomic E-state index is -3.62. The number of carboxylic acids is 1. The number of aromatic hydroxyl groups is 1. The molecule has 162 valence electrons. The number of nitrogens with zero attached hydrogens (tertiary/aromatic N) is 2. The monoisotopic (exact) mass is 446 g/mol. The number of carbonyl (C=O) groups excluding carboxylic acids is 1. The fourth-order valence-corrected chi connectivity index (χ4v) is 3.50. The van der Waals surface area contributed by atoms with Crippen molar-refractivity contribution in [3.63, 3.8) is 0 Å². The maximum absolute atomic E-state index is 13.0. The maximum atomic E-state index is 13.0. The van der Waals surface area contributed by atoms with Gasteiger partial charge in [-0.1, -0.05) is 30.3 Å². The summed E-state index contributed by atoms with van der Waals surface area (Å²) in [5, 5.41) is 19.7. The van der Waals surface area contributed by atoms with Gasteiger partial charge >= 0.3 is 12.0 Å². The summed E-state index contributed by atoms with van der Waals surface area (Å²) < 4.78 is 24.2. The highest BCUT2D eigenvalue weighted by Crippen LogP contribution is 2.26. The van der Waals surface area contributed by atoms with E-state index in [1.54, 1.807) is 30.3 Å². The van der Waals surface area contributed by atoms with Gasteiger partial charge in [0.1, 0.15) is 18.9 Å². The summed E-state index contributed by atoms with van der Waals surface area (Å²) in [5.41, 5.74) is -0.395. The minimum Gasteiger partial charge on any atom is -0.507 e. The Kier molecular flexibility index (Phi) is 6.09. The first-order valence-corrected chi connectivity index (χ1v) is 10.8. The number of hydrogen-bond donors (Lipinski definition) is 2. The molecule has 3 aromatic rings. The Morgan fingerprint density at radius 3 is 2.39 bits per heavy atom. The third-order valence-corrected chi connectivity index (χ3v) is 5.42. The molecule has 0 aliphatic heterocycles. The number of fused-ring (bicyclic) bond motifs is 1. The number of carboxylic acid groups (broad SMARTS) is 1. The van der Waals surface area contributed by atoms with Crippen molar-refractivity contribution in [1.82, 2.24) is 9.63 Å². The Labute approximate surface area is 176 Å². The highest BCUT2D eigenvalue weighted by Gasteiger charge is 2.24. The predicted octanol–water partition coefficient (Wildman–Crippen LogP) is 1.60. The van der Waals surface area contributed by atoms with E-state index >= 15 is 0 Å². The number of benzene rings is 2. The van der Waals surface area contributed by atoms with Gasteiger partial charge in [0.15, 0.2) is 9.84 Å². The van der Waals surface area contributed by atoms with Crippen LogP contribution in [-0.4, -0.2) is 53.1 Å². The molecule has 1 aromatic heterocycles. The van der Waals surface area contributed by atoms with Crippen LogP contribution in [0.1, 0.15) is 5.56 Å². The number of amides is 1.